The van der Waals surface area contributed by atoms with Gasteiger partial charge in [0, 0.05) is 44.2 Å². The summed E-state index contributed by atoms with van der Waals surface area (Å²) in [6.45, 7) is 5.85. The maximum atomic E-state index is 13.7. The molecule has 0 spiro atoms. The van der Waals surface area contributed by atoms with Crippen LogP contribution in [0.1, 0.15) is 11.1 Å². The van der Waals surface area contributed by atoms with E-state index >= 15 is 0 Å². The molecule has 1 aliphatic rings. The molecule has 1 N–H and O–H groups in total. The van der Waals surface area contributed by atoms with Gasteiger partial charge in [-0.1, -0.05) is 24.3 Å². The molecule has 0 atom stereocenters. The smallest absolute Gasteiger partial charge is 0.336 e. The molecule has 0 bridgehead atoms. The molecule has 2 heterocycles. The Labute approximate surface area is 173 Å². The number of halogens is 1. The van der Waals surface area contributed by atoms with Gasteiger partial charge in [-0.3, -0.25) is 14.6 Å². The van der Waals surface area contributed by atoms with Crippen LogP contribution in [0.25, 0.3) is 11.0 Å². The second kappa shape index (κ2) is 8.77. The SMILES string of the molecule is Cc1ccc2c(CN3CCN(CC(=O)Nc4ccccc4F)CC3)cc(=O)oc2c1. The molecule has 0 unspecified atom stereocenters. The van der Waals surface area contributed by atoms with E-state index in [9.17, 15) is 14.0 Å². The third-order valence-electron chi connectivity index (χ3n) is 5.36. The lowest BCUT2D eigenvalue weighted by atomic mass is 10.1. The fourth-order valence-corrected chi connectivity index (χ4v) is 3.77. The van der Waals surface area contributed by atoms with Crippen LogP contribution in [0.5, 0.6) is 0 Å². The number of para-hydroxylation sites is 1. The largest absolute Gasteiger partial charge is 0.423 e. The molecule has 0 radical (unpaired) electrons. The molecule has 7 heteroatoms. The Hall–Kier alpha value is -3.03. The summed E-state index contributed by atoms with van der Waals surface area (Å²) in [5, 5.41) is 3.58. The molecule has 6 nitrogen and oxygen atoms in total. The van der Waals surface area contributed by atoms with E-state index in [1.165, 1.54) is 6.07 Å². The molecule has 1 saturated heterocycles. The molecule has 1 aromatic heterocycles. The lowest BCUT2D eigenvalue weighted by Crippen LogP contribution is -2.48. The van der Waals surface area contributed by atoms with E-state index in [-0.39, 0.29) is 23.8 Å². The number of rotatable bonds is 5. The Morgan fingerprint density at radius 3 is 2.57 bits per heavy atom. The molecule has 1 aliphatic heterocycles. The number of aryl methyl sites for hydroxylation is 1. The predicted octanol–water partition coefficient (Wildman–Crippen LogP) is 3.00. The Bertz CT molecular complexity index is 1120. The van der Waals surface area contributed by atoms with Crippen molar-refractivity contribution in [1.29, 1.82) is 0 Å². The minimum atomic E-state index is -0.439. The number of carbonyl (C=O) groups excluding carboxylic acids is 1. The molecule has 1 fully saturated rings. The maximum Gasteiger partial charge on any atom is 0.336 e. The monoisotopic (exact) mass is 409 g/mol. The summed E-state index contributed by atoms with van der Waals surface area (Å²) in [6, 6.07) is 13.6. The zero-order valence-corrected chi connectivity index (χ0v) is 16.9. The summed E-state index contributed by atoms with van der Waals surface area (Å²) in [5.74, 6) is -0.666. The number of hydrogen-bond donors (Lipinski definition) is 1. The van der Waals surface area contributed by atoms with E-state index in [1.807, 2.05) is 30.0 Å². The second-order valence-corrected chi connectivity index (χ2v) is 7.67. The van der Waals surface area contributed by atoms with Gasteiger partial charge >= 0.3 is 5.63 Å². The van der Waals surface area contributed by atoms with Crippen LogP contribution in [0.2, 0.25) is 0 Å². The van der Waals surface area contributed by atoms with Crippen LogP contribution in [0.3, 0.4) is 0 Å². The average Bonchev–Trinajstić information content (AvgIpc) is 2.70. The van der Waals surface area contributed by atoms with Gasteiger partial charge in [0.25, 0.3) is 0 Å². The summed E-state index contributed by atoms with van der Waals surface area (Å²) in [5.41, 5.74) is 2.47. The van der Waals surface area contributed by atoms with Crippen molar-refractivity contribution in [3.63, 3.8) is 0 Å². The van der Waals surface area contributed by atoms with Gasteiger partial charge in [0.15, 0.2) is 0 Å². The van der Waals surface area contributed by atoms with Crippen molar-refractivity contribution >= 4 is 22.6 Å². The van der Waals surface area contributed by atoms with Crippen LogP contribution in [-0.4, -0.2) is 48.4 Å². The third kappa shape index (κ3) is 4.75. The van der Waals surface area contributed by atoms with Crippen LogP contribution in [-0.2, 0) is 11.3 Å². The summed E-state index contributed by atoms with van der Waals surface area (Å²) < 4.78 is 19.0. The topological polar surface area (TPSA) is 65.8 Å². The summed E-state index contributed by atoms with van der Waals surface area (Å²) in [7, 11) is 0. The lowest BCUT2D eigenvalue weighted by molar-refractivity contribution is -0.117. The Kier molecular flexibility index (Phi) is 5.92. The van der Waals surface area contributed by atoms with Gasteiger partial charge in [-0.25, -0.2) is 9.18 Å². The van der Waals surface area contributed by atoms with Gasteiger partial charge in [0.1, 0.15) is 11.4 Å². The van der Waals surface area contributed by atoms with E-state index in [2.05, 4.69) is 10.2 Å². The molecule has 1 amide bonds. The molecular weight excluding hydrogens is 385 g/mol. The lowest BCUT2D eigenvalue weighted by Gasteiger charge is -2.34. The van der Waals surface area contributed by atoms with Gasteiger partial charge < -0.3 is 9.73 Å². The van der Waals surface area contributed by atoms with E-state index in [0.29, 0.717) is 12.1 Å². The standard InChI is InChI=1S/C23H24FN3O3/c1-16-6-7-18-17(13-23(29)30-21(18)12-16)14-26-8-10-27(11-9-26)15-22(28)25-20-5-3-2-4-19(20)24/h2-7,12-13H,8-11,14-15H2,1H3,(H,25,28). The fraction of sp³-hybridized carbons (Fsp3) is 0.304. The van der Waals surface area contributed by atoms with Crippen molar-refractivity contribution in [3.05, 3.63) is 75.9 Å². The van der Waals surface area contributed by atoms with Crippen LogP contribution in [0, 0.1) is 12.7 Å². The molecular formula is C23H24FN3O3. The molecule has 156 valence electrons. The highest BCUT2D eigenvalue weighted by atomic mass is 19.1. The minimum Gasteiger partial charge on any atom is -0.423 e. The highest BCUT2D eigenvalue weighted by Crippen LogP contribution is 2.20. The minimum absolute atomic E-state index is 0.200. The molecule has 2 aromatic carbocycles. The Morgan fingerprint density at radius 1 is 1.07 bits per heavy atom. The quantitative estimate of drug-likeness (QED) is 0.657. The van der Waals surface area contributed by atoms with Crippen LogP contribution in [0.15, 0.2) is 57.7 Å². The van der Waals surface area contributed by atoms with Gasteiger partial charge in [-0.2, -0.15) is 0 Å². The van der Waals surface area contributed by atoms with Crippen molar-refractivity contribution in [2.75, 3.05) is 38.0 Å². The number of piperazine rings is 1. The number of anilines is 1. The molecule has 4 rings (SSSR count). The Morgan fingerprint density at radius 2 is 1.80 bits per heavy atom. The zero-order chi connectivity index (χ0) is 21.1. The third-order valence-corrected chi connectivity index (χ3v) is 5.36. The van der Waals surface area contributed by atoms with Gasteiger partial charge in [-0.05, 0) is 36.2 Å². The Balaban J connectivity index is 1.34. The van der Waals surface area contributed by atoms with Crippen molar-refractivity contribution in [2.45, 2.75) is 13.5 Å². The number of hydrogen-bond acceptors (Lipinski definition) is 5. The normalized spacial score (nSPS) is 15.4. The van der Waals surface area contributed by atoms with Crippen molar-refractivity contribution < 1.29 is 13.6 Å². The summed E-state index contributed by atoms with van der Waals surface area (Å²) >= 11 is 0. The van der Waals surface area contributed by atoms with Gasteiger partial charge in [0.05, 0.1) is 12.2 Å². The zero-order valence-electron chi connectivity index (χ0n) is 16.9. The van der Waals surface area contributed by atoms with Crippen LogP contribution < -0.4 is 10.9 Å². The average molecular weight is 409 g/mol. The van der Waals surface area contributed by atoms with Crippen molar-refractivity contribution in [2.24, 2.45) is 0 Å². The van der Waals surface area contributed by atoms with Gasteiger partial charge in [-0.15, -0.1) is 0 Å². The highest BCUT2D eigenvalue weighted by Gasteiger charge is 2.20. The van der Waals surface area contributed by atoms with Gasteiger partial charge in [0.2, 0.25) is 5.91 Å². The van der Waals surface area contributed by atoms with E-state index in [4.69, 9.17) is 4.42 Å². The molecule has 3 aromatic rings. The number of benzene rings is 2. The van der Waals surface area contributed by atoms with E-state index < -0.39 is 5.82 Å². The first-order valence-electron chi connectivity index (χ1n) is 10.0. The molecule has 0 aliphatic carbocycles. The van der Waals surface area contributed by atoms with E-state index in [1.54, 1.807) is 24.3 Å². The first-order valence-corrected chi connectivity index (χ1v) is 10.0. The summed E-state index contributed by atoms with van der Waals surface area (Å²) in [6.07, 6.45) is 0. The van der Waals surface area contributed by atoms with Crippen molar-refractivity contribution in [1.82, 2.24) is 9.80 Å². The fourth-order valence-electron chi connectivity index (χ4n) is 3.77. The van der Waals surface area contributed by atoms with Crippen LogP contribution >= 0.6 is 0 Å². The summed E-state index contributed by atoms with van der Waals surface area (Å²) in [4.78, 5) is 28.5. The van der Waals surface area contributed by atoms with Crippen molar-refractivity contribution in [3.8, 4) is 0 Å². The first-order chi connectivity index (χ1) is 14.5. The molecule has 0 saturated carbocycles. The first kappa shape index (κ1) is 20.3. The second-order valence-electron chi connectivity index (χ2n) is 7.67. The maximum absolute atomic E-state index is 13.7. The number of fused-ring (bicyclic) bond motifs is 1. The highest BCUT2D eigenvalue weighted by molar-refractivity contribution is 5.92. The number of amides is 1. The van der Waals surface area contributed by atoms with Crippen LogP contribution in [0.4, 0.5) is 10.1 Å². The number of nitrogens with zero attached hydrogens (tertiary/aromatic N) is 2. The van der Waals surface area contributed by atoms with E-state index in [0.717, 1.165) is 42.7 Å². The molecule has 30 heavy (non-hydrogen) atoms. The number of nitrogens with one attached hydrogen (secondary N) is 1. The predicted molar refractivity (Wildman–Crippen MR) is 114 cm³/mol. The number of carbonyl (C=O) groups is 1.